The third-order valence-corrected chi connectivity index (χ3v) is 6.71. The van der Waals surface area contributed by atoms with Crippen molar-refractivity contribution in [3.8, 4) is 0 Å². The lowest BCUT2D eigenvalue weighted by Gasteiger charge is -2.36. The smallest absolute Gasteiger partial charge is 0.221 e. The first-order chi connectivity index (χ1) is 11.4. The Labute approximate surface area is 146 Å². The van der Waals surface area contributed by atoms with E-state index in [1.807, 2.05) is 11.7 Å². The second kappa shape index (κ2) is 5.23. The molecule has 4 rings (SSSR count). The number of nitrogens with two attached hydrogens (primary N) is 1. The minimum atomic E-state index is -0.161. The lowest BCUT2D eigenvalue weighted by molar-refractivity contribution is -0.120. The van der Waals surface area contributed by atoms with E-state index in [2.05, 4.69) is 43.2 Å². The molecule has 1 saturated heterocycles. The maximum atomic E-state index is 11.4. The highest BCUT2D eigenvalue weighted by molar-refractivity contribution is 7.98. The normalized spacial score (nSPS) is 26.8. The van der Waals surface area contributed by atoms with Crippen molar-refractivity contribution in [2.75, 3.05) is 19.3 Å². The molecule has 0 bridgehead atoms. The molecule has 1 aliphatic carbocycles. The van der Waals surface area contributed by atoms with E-state index in [-0.39, 0.29) is 17.4 Å². The molecule has 2 aliphatic rings. The van der Waals surface area contributed by atoms with E-state index in [1.54, 1.807) is 11.8 Å². The molecule has 24 heavy (non-hydrogen) atoms. The Morgan fingerprint density at radius 1 is 1.33 bits per heavy atom. The van der Waals surface area contributed by atoms with Gasteiger partial charge >= 0.3 is 0 Å². The van der Waals surface area contributed by atoms with E-state index in [1.165, 1.54) is 15.8 Å². The summed E-state index contributed by atoms with van der Waals surface area (Å²) in [5.41, 5.74) is 7.65. The van der Waals surface area contributed by atoms with Crippen molar-refractivity contribution < 1.29 is 4.79 Å². The van der Waals surface area contributed by atoms with Crippen LogP contribution in [0.3, 0.4) is 0 Å². The quantitative estimate of drug-likeness (QED) is 0.864. The molecule has 5 nitrogen and oxygen atoms in total. The van der Waals surface area contributed by atoms with Gasteiger partial charge in [0.1, 0.15) is 0 Å². The monoisotopic (exact) mass is 344 g/mol. The Hall–Kier alpha value is -1.53. The van der Waals surface area contributed by atoms with Crippen molar-refractivity contribution in [1.82, 2.24) is 14.7 Å². The van der Waals surface area contributed by atoms with E-state index >= 15 is 0 Å². The summed E-state index contributed by atoms with van der Waals surface area (Å²) in [5, 5.41) is 6.10. The van der Waals surface area contributed by atoms with Crippen LogP contribution in [0, 0.1) is 17.8 Å². The fourth-order valence-corrected chi connectivity index (χ4v) is 5.12. The van der Waals surface area contributed by atoms with E-state index in [9.17, 15) is 4.79 Å². The van der Waals surface area contributed by atoms with Gasteiger partial charge < -0.3 is 5.73 Å². The van der Waals surface area contributed by atoms with E-state index < -0.39 is 0 Å². The molecular formula is C18H24N4OS. The van der Waals surface area contributed by atoms with Crippen molar-refractivity contribution >= 4 is 28.6 Å². The SMILES string of the molecule is CSc1cccc2c(C(C)(C)N3CC4C(C3)C4C(N)=O)nn(C)c12. The molecule has 1 aliphatic heterocycles. The minimum Gasteiger partial charge on any atom is -0.369 e. The number of rotatable bonds is 4. The van der Waals surface area contributed by atoms with E-state index in [0.29, 0.717) is 11.8 Å². The van der Waals surface area contributed by atoms with Gasteiger partial charge in [-0.15, -0.1) is 11.8 Å². The first-order valence-electron chi connectivity index (χ1n) is 8.40. The molecule has 2 N–H and O–H groups in total. The number of piperidine rings is 1. The molecule has 2 atom stereocenters. The second-order valence-corrected chi connectivity index (χ2v) is 8.40. The summed E-state index contributed by atoms with van der Waals surface area (Å²) >= 11 is 1.75. The van der Waals surface area contributed by atoms with Gasteiger partial charge in [-0.25, -0.2) is 0 Å². The highest BCUT2D eigenvalue weighted by Crippen LogP contribution is 2.54. The molecule has 128 valence electrons. The van der Waals surface area contributed by atoms with Crippen LogP contribution in [0.15, 0.2) is 23.1 Å². The Kier molecular flexibility index (Phi) is 3.48. The number of hydrogen-bond donors (Lipinski definition) is 1. The van der Waals surface area contributed by atoms with Crippen LogP contribution in [-0.4, -0.2) is 39.9 Å². The van der Waals surface area contributed by atoms with Gasteiger partial charge in [-0.3, -0.25) is 14.4 Å². The van der Waals surface area contributed by atoms with Crippen molar-refractivity contribution in [2.45, 2.75) is 24.3 Å². The summed E-state index contributed by atoms with van der Waals surface area (Å²) in [6, 6.07) is 6.43. The van der Waals surface area contributed by atoms with Gasteiger partial charge in [0.05, 0.1) is 16.7 Å². The minimum absolute atomic E-state index is 0.0978. The number of carbonyl (C=O) groups is 1. The molecule has 2 unspecified atom stereocenters. The van der Waals surface area contributed by atoms with Crippen LogP contribution in [-0.2, 0) is 17.4 Å². The van der Waals surface area contributed by atoms with Gasteiger partial charge in [-0.1, -0.05) is 12.1 Å². The third kappa shape index (κ3) is 2.12. The first-order valence-corrected chi connectivity index (χ1v) is 9.63. The Morgan fingerprint density at radius 2 is 2.00 bits per heavy atom. The lowest BCUT2D eigenvalue weighted by atomic mass is 9.94. The maximum absolute atomic E-state index is 11.4. The molecule has 1 aromatic carbocycles. The number of amides is 1. The Bertz CT molecular complexity index is 816. The van der Waals surface area contributed by atoms with Crippen LogP contribution < -0.4 is 5.73 Å². The highest BCUT2D eigenvalue weighted by atomic mass is 32.2. The molecule has 2 heterocycles. The molecule has 1 aromatic heterocycles. The maximum Gasteiger partial charge on any atom is 0.221 e. The Balaban J connectivity index is 1.69. The van der Waals surface area contributed by atoms with Crippen molar-refractivity contribution in [2.24, 2.45) is 30.5 Å². The molecular weight excluding hydrogens is 320 g/mol. The zero-order valence-corrected chi connectivity index (χ0v) is 15.4. The number of nitrogens with zero attached hydrogens (tertiary/aromatic N) is 3. The molecule has 2 fully saturated rings. The number of thioether (sulfide) groups is 1. The van der Waals surface area contributed by atoms with Crippen LogP contribution in [0.4, 0.5) is 0 Å². The topological polar surface area (TPSA) is 64.2 Å². The van der Waals surface area contributed by atoms with Crippen molar-refractivity contribution in [1.29, 1.82) is 0 Å². The molecule has 6 heteroatoms. The number of aryl methyl sites for hydroxylation is 1. The molecule has 1 amide bonds. The third-order valence-electron chi connectivity index (χ3n) is 5.94. The summed E-state index contributed by atoms with van der Waals surface area (Å²) in [6.07, 6.45) is 2.10. The summed E-state index contributed by atoms with van der Waals surface area (Å²) in [6.45, 7) is 6.35. The fraction of sp³-hybridized carbons (Fsp3) is 0.556. The van der Waals surface area contributed by atoms with Crippen LogP contribution in [0.25, 0.3) is 10.9 Å². The van der Waals surface area contributed by atoms with E-state index in [4.69, 9.17) is 10.8 Å². The van der Waals surface area contributed by atoms with Gasteiger partial charge in [0.2, 0.25) is 5.91 Å². The summed E-state index contributed by atoms with van der Waals surface area (Å²) < 4.78 is 2.00. The number of carbonyl (C=O) groups excluding carboxylic acids is 1. The summed E-state index contributed by atoms with van der Waals surface area (Å²) in [5.74, 6) is 0.855. The number of aromatic nitrogens is 2. The summed E-state index contributed by atoms with van der Waals surface area (Å²) in [4.78, 5) is 15.2. The molecule has 0 spiro atoms. The van der Waals surface area contributed by atoms with Crippen molar-refractivity contribution in [3.63, 3.8) is 0 Å². The zero-order chi connectivity index (χ0) is 17.2. The van der Waals surface area contributed by atoms with Gasteiger partial charge in [0.15, 0.2) is 0 Å². The first kappa shape index (κ1) is 16.0. The predicted octanol–water partition coefficient (Wildman–Crippen LogP) is 2.19. The summed E-state index contributed by atoms with van der Waals surface area (Å²) in [7, 11) is 2.02. The average Bonchev–Trinajstić information content (AvgIpc) is 2.89. The number of primary amides is 1. The fourth-order valence-electron chi connectivity index (χ4n) is 4.47. The standard InChI is InChI=1S/C18H24N4OS/c1-18(2,22-8-11-12(9-22)14(11)17(19)23)16-10-6-5-7-13(24-4)15(10)21(3)20-16/h5-7,11-12,14H,8-9H2,1-4H3,(H2,19,23). The lowest BCUT2D eigenvalue weighted by Crippen LogP contribution is -2.43. The van der Waals surface area contributed by atoms with Crippen LogP contribution in [0.2, 0.25) is 0 Å². The van der Waals surface area contributed by atoms with E-state index in [0.717, 1.165) is 18.8 Å². The Morgan fingerprint density at radius 3 is 2.58 bits per heavy atom. The predicted molar refractivity (Wildman–Crippen MR) is 96.8 cm³/mol. The zero-order valence-electron chi connectivity index (χ0n) is 14.6. The van der Waals surface area contributed by atoms with Crippen LogP contribution in [0.5, 0.6) is 0 Å². The molecule has 1 saturated carbocycles. The van der Waals surface area contributed by atoms with Gasteiger partial charge in [0.25, 0.3) is 0 Å². The number of benzene rings is 1. The number of likely N-dealkylation sites (tertiary alicyclic amines) is 1. The van der Waals surface area contributed by atoms with Crippen LogP contribution in [0.1, 0.15) is 19.5 Å². The van der Waals surface area contributed by atoms with Crippen molar-refractivity contribution in [3.05, 3.63) is 23.9 Å². The highest BCUT2D eigenvalue weighted by Gasteiger charge is 2.60. The van der Waals surface area contributed by atoms with Crippen LogP contribution >= 0.6 is 11.8 Å². The average molecular weight is 344 g/mol. The van der Waals surface area contributed by atoms with Gasteiger partial charge in [0, 0.05) is 36.3 Å². The molecule has 0 radical (unpaired) electrons. The number of para-hydroxylation sites is 1. The number of fused-ring (bicyclic) bond motifs is 2. The largest absolute Gasteiger partial charge is 0.369 e. The van der Waals surface area contributed by atoms with Gasteiger partial charge in [-0.05, 0) is 38.0 Å². The number of hydrogen-bond acceptors (Lipinski definition) is 4. The molecule has 2 aromatic rings. The second-order valence-electron chi connectivity index (χ2n) is 7.55. The van der Waals surface area contributed by atoms with Gasteiger partial charge in [-0.2, -0.15) is 5.10 Å².